The predicted molar refractivity (Wildman–Crippen MR) is 84.1 cm³/mol. The first-order chi connectivity index (χ1) is 10.2. The van der Waals surface area contributed by atoms with Gasteiger partial charge in [0.1, 0.15) is 0 Å². The van der Waals surface area contributed by atoms with Gasteiger partial charge in [-0.1, -0.05) is 37.3 Å². The van der Waals surface area contributed by atoms with Crippen LogP contribution >= 0.6 is 0 Å². The zero-order valence-electron chi connectivity index (χ0n) is 12.7. The molecule has 0 aliphatic rings. The van der Waals surface area contributed by atoms with Gasteiger partial charge in [0.15, 0.2) is 0 Å². The minimum atomic E-state index is -0.0538. The molecule has 0 saturated carbocycles. The van der Waals surface area contributed by atoms with Crippen LogP contribution in [0.2, 0.25) is 0 Å². The number of nitrogens with zero attached hydrogens (tertiary/aromatic N) is 1. The molecule has 2 rings (SSSR count). The molecule has 1 amide bonds. The van der Waals surface area contributed by atoms with E-state index in [1.807, 2.05) is 50.4 Å². The number of nitrogens with one attached hydrogen (secondary N) is 2. The zero-order chi connectivity index (χ0) is 15.1. The summed E-state index contributed by atoms with van der Waals surface area (Å²) in [5.41, 5.74) is 3.42. The Hall–Kier alpha value is -2.10. The highest BCUT2D eigenvalue weighted by Gasteiger charge is 2.17. The number of aromatic nitrogens is 2. The van der Waals surface area contributed by atoms with E-state index in [0.29, 0.717) is 6.54 Å². The van der Waals surface area contributed by atoms with Crippen LogP contribution < -0.4 is 5.32 Å². The fourth-order valence-corrected chi connectivity index (χ4v) is 2.50. The maximum Gasteiger partial charge on any atom is 0.227 e. The number of hydrogen-bond donors (Lipinski definition) is 2. The SMILES string of the molecule is CCC(C(=O)NCCCc1cn[nH]c1C)c1ccccc1. The Morgan fingerprint density at radius 1 is 1.33 bits per heavy atom. The van der Waals surface area contributed by atoms with E-state index >= 15 is 0 Å². The van der Waals surface area contributed by atoms with Gasteiger partial charge in [0, 0.05) is 12.2 Å². The molecule has 1 heterocycles. The van der Waals surface area contributed by atoms with Crippen LogP contribution in [-0.4, -0.2) is 22.6 Å². The first-order valence-corrected chi connectivity index (χ1v) is 7.54. The summed E-state index contributed by atoms with van der Waals surface area (Å²) in [6.45, 7) is 4.77. The predicted octanol–water partition coefficient (Wildman–Crippen LogP) is 2.96. The quantitative estimate of drug-likeness (QED) is 0.768. The fourth-order valence-electron chi connectivity index (χ4n) is 2.50. The van der Waals surface area contributed by atoms with Crippen molar-refractivity contribution in [3.05, 3.63) is 53.3 Å². The molecule has 0 fully saturated rings. The first-order valence-electron chi connectivity index (χ1n) is 7.54. The van der Waals surface area contributed by atoms with Crippen molar-refractivity contribution >= 4 is 5.91 Å². The monoisotopic (exact) mass is 285 g/mol. The molecule has 1 aromatic heterocycles. The third-order valence-electron chi connectivity index (χ3n) is 3.78. The van der Waals surface area contributed by atoms with Crippen molar-refractivity contribution in [3.63, 3.8) is 0 Å². The van der Waals surface area contributed by atoms with Crippen LogP contribution in [0.1, 0.15) is 42.5 Å². The molecule has 0 aliphatic heterocycles. The molecule has 0 spiro atoms. The van der Waals surface area contributed by atoms with Gasteiger partial charge in [-0.05, 0) is 37.3 Å². The second-order valence-electron chi connectivity index (χ2n) is 5.29. The number of aryl methyl sites for hydroxylation is 2. The molecule has 1 atom stereocenters. The number of benzene rings is 1. The second kappa shape index (κ2) is 7.62. The van der Waals surface area contributed by atoms with Gasteiger partial charge < -0.3 is 5.32 Å². The van der Waals surface area contributed by atoms with Crippen molar-refractivity contribution in [1.82, 2.24) is 15.5 Å². The van der Waals surface area contributed by atoms with Crippen LogP contribution in [0.4, 0.5) is 0 Å². The van der Waals surface area contributed by atoms with Crippen molar-refractivity contribution in [2.45, 2.75) is 39.0 Å². The maximum atomic E-state index is 12.3. The Morgan fingerprint density at radius 3 is 2.71 bits per heavy atom. The molecule has 2 N–H and O–H groups in total. The molecule has 1 aromatic carbocycles. The smallest absolute Gasteiger partial charge is 0.227 e. The number of H-pyrrole nitrogens is 1. The van der Waals surface area contributed by atoms with E-state index < -0.39 is 0 Å². The van der Waals surface area contributed by atoms with Gasteiger partial charge in [0.2, 0.25) is 5.91 Å². The summed E-state index contributed by atoms with van der Waals surface area (Å²) in [5.74, 6) is 0.0643. The lowest BCUT2D eigenvalue weighted by Gasteiger charge is -2.15. The third kappa shape index (κ3) is 4.18. The van der Waals surface area contributed by atoms with E-state index in [2.05, 4.69) is 15.5 Å². The van der Waals surface area contributed by atoms with Gasteiger partial charge in [-0.2, -0.15) is 5.10 Å². The van der Waals surface area contributed by atoms with Crippen molar-refractivity contribution in [3.8, 4) is 0 Å². The summed E-state index contributed by atoms with van der Waals surface area (Å²) in [6.07, 6.45) is 4.54. The van der Waals surface area contributed by atoms with Crippen LogP contribution in [0.15, 0.2) is 36.5 Å². The van der Waals surface area contributed by atoms with Crippen LogP contribution in [0.3, 0.4) is 0 Å². The second-order valence-corrected chi connectivity index (χ2v) is 5.29. The van der Waals surface area contributed by atoms with Gasteiger partial charge in [0.25, 0.3) is 0 Å². The molecule has 4 heteroatoms. The molecule has 1 unspecified atom stereocenters. The summed E-state index contributed by atoms with van der Waals surface area (Å²) in [4.78, 5) is 12.3. The fraction of sp³-hybridized carbons (Fsp3) is 0.412. The summed E-state index contributed by atoms with van der Waals surface area (Å²) in [5, 5.41) is 9.98. The lowest BCUT2D eigenvalue weighted by molar-refractivity contribution is -0.122. The molecule has 0 aliphatic carbocycles. The van der Waals surface area contributed by atoms with Crippen molar-refractivity contribution in [1.29, 1.82) is 0 Å². The third-order valence-corrected chi connectivity index (χ3v) is 3.78. The van der Waals surface area contributed by atoms with Gasteiger partial charge in [0.05, 0.1) is 12.1 Å². The molecule has 21 heavy (non-hydrogen) atoms. The summed E-state index contributed by atoms with van der Waals surface area (Å²) in [6, 6.07) is 9.96. The number of aromatic amines is 1. The highest BCUT2D eigenvalue weighted by Crippen LogP contribution is 2.19. The normalized spacial score (nSPS) is 12.1. The first kappa shape index (κ1) is 15.3. The van der Waals surface area contributed by atoms with Crippen LogP contribution in [-0.2, 0) is 11.2 Å². The highest BCUT2D eigenvalue weighted by molar-refractivity contribution is 5.83. The Balaban J connectivity index is 1.79. The summed E-state index contributed by atoms with van der Waals surface area (Å²) in [7, 11) is 0. The minimum Gasteiger partial charge on any atom is -0.356 e. The average Bonchev–Trinajstić information content (AvgIpc) is 2.91. The molecular formula is C17H23N3O. The van der Waals surface area contributed by atoms with E-state index in [9.17, 15) is 4.79 Å². The van der Waals surface area contributed by atoms with E-state index in [1.165, 1.54) is 5.56 Å². The molecule has 4 nitrogen and oxygen atoms in total. The number of rotatable bonds is 7. The molecular weight excluding hydrogens is 262 g/mol. The van der Waals surface area contributed by atoms with E-state index in [-0.39, 0.29) is 11.8 Å². The molecule has 0 radical (unpaired) electrons. The van der Waals surface area contributed by atoms with Crippen LogP contribution in [0, 0.1) is 6.92 Å². The van der Waals surface area contributed by atoms with E-state index in [1.54, 1.807) is 0 Å². The topological polar surface area (TPSA) is 57.8 Å². The van der Waals surface area contributed by atoms with E-state index in [0.717, 1.165) is 30.5 Å². The Labute approximate surface area is 126 Å². The van der Waals surface area contributed by atoms with Gasteiger partial charge in [-0.3, -0.25) is 9.89 Å². The van der Waals surface area contributed by atoms with Crippen LogP contribution in [0.25, 0.3) is 0 Å². The minimum absolute atomic E-state index is 0.0538. The van der Waals surface area contributed by atoms with Crippen molar-refractivity contribution < 1.29 is 4.79 Å². The van der Waals surface area contributed by atoms with Gasteiger partial charge in [-0.15, -0.1) is 0 Å². The van der Waals surface area contributed by atoms with Gasteiger partial charge >= 0.3 is 0 Å². The van der Waals surface area contributed by atoms with Gasteiger partial charge in [-0.25, -0.2) is 0 Å². The summed E-state index contributed by atoms with van der Waals surface area (Å²) < 4.78 is 0. The Morgan fingerprint density at radius 2 is 2.10 bits per heavy atom. The van der Waals surface area contributed by atoms with E-state index in [4.69, 9.17) is 0 Å². The molecule has 112 valence electrons. The van der Waals surface area contributed by atoms with Crippen LogP contribution in [0.5, 0.6) is 0 Å². The highest BCUT2D eigenvalue weighted by atomic mass is 16.1. The number of carbonyl (C=O) groups is 1. The lowest BCUT2D eigenvalue weighted by Crippen LogP contribution is -2.30. The van der Waals surface area contributed by atoms with Crippen molar-refractivity contribution in [2.24, 2.45) is 0 Å². The Bertz CT molecular complexity index is 562. The molecule has 0 saturated heterocycles. The Kier molecular flexibility index (Phi) is 5.55. The standard InChI is InChI=1S/C17H23N3O/c1-3-16(14-8-5-4-6-9-14)17(21)18-11-7-10-15-12-19-20-13(15)2/h4-6,8-9,12,16H,3,7,10-11H2,1-2H3,(H,18,21)(H,19,20). The van der Waals surface area contributed by atoms with Crippen molar-refractivity contribution in [2.75, 3.05) is 6.54 Å². The molecule has 2 aromatic rings. The maximum absolute atomic E-state index is 12.3. The average molecular weight is 285 g/mol. The number of carbonyl (C=O) groups excluding carboxylic acids is 1. The number of amides is 1. The molecule has 0 bridgehead atoms. The zero-order valence-corrected chi connectivity index (χ0v) is 12.7. The lowest BCUT2D eigenvalue weighted by atomic mass is 9.95. The summed E-state index contributed by atoms with van der Waals surface area (Å²) >= 11 is 0. The number of hydrogen-bond acceptors (Lipinski definition) is 2. The largest absolute Gasteiger partial charge is 0.356 e.